The van der Waals surface area contributed by atoms with Gasteiger partial charge in [0, 0.05) is 19.7 Å². The van der Waals surface area contributed by atoms with Crippen LogP contribution in [0.4, 0.5) is 4.39 Å². The second kappa shape index (κ2) is 8.73. The third-order valence-corrected chi connectivity index (χ3v) is 3.25. The van der Waals surface area contributed by atoms with Gasteiger partial charge >= 0.3 is 0 Å². The van der Waals surface area contributed by atoms with Gasteiger partial charge < -0.3 is 15.4 Å². The number of methoxy groups -OCH3 is 1. The number of nitrogens with one attached hydrogen (secondary N) is 2. The van der Waals surface area contributed by atoms with Crippen molar-refractivity contribution in [1.29, 1.82) is 0 Å². The number of halogens is 1. The zero-order valence-electron chi connectivity index (χ0n) is 13.3. The van der Waals surface area contributed by atoms with E-state index < -0.39 is 0 Å². The minimum absolute atomic E-state index is 0.214. The molecule has 2 rings (SSSR count). The average molecular weight is 316 g/mol. The van der Waals surface area contributed by atoms with Crippen LogP contribution in [0.2, 0.25) is 0 Å². The molecule has 0 saturated carbocycles. The predicted molar refractivity (Wildman–Crippen MR) is 89.1 cm³/mol. The van der Waals surface area contributed by atoms with E-state index in [2.05, 4.69) is 20.6 Å². The molecule has 1 heterocycles. The van der Waals surface area contributed by atoms with E-state index in [-0.39, 0.29) is 5.82 Å². The summed E-state index contributed by atoms with van der Waals surface area (Å²) in [6.07, 6.45) is 0.718. The van der Waals surface area contributed by atoms with Crippen LogP contribution < -0.4 is 15.4 Å². The lowest BCUT2D eigenvalue weighted by atomic mass is 10.1. The van der Waals surface area contributed by atoms with Gasteiger partial charge in [0.1, 0.15) is 5.82 Å². The summed E-state index contributed by atoms with van der Waals surface area (Å²) in [6.45, 7) is 1.20. The van der Waals surface area contributed by atoms with Gasteiger partial charge in [-0.1, -0.05) is 18.2 Å². The van der Waals surface area contributed by atoms with E-state index in [9.17, 15) is 4.39 Å². The van der Waals surface area contributed by atoms with Crippen LogP contribution in [0.15, 0.2) is 47.5 Å². The van der Waals surface area contributed by atoms with E-state index in [1.54, 1.807) is 26.3 Å². The molecule has 0 fully saturated rings. The molecule has 0 aliphatic carbocycles. The van der Waals surface area contributed by atoms with Gasteiger partial charge in [-0.05, 0) is 30.2 Å². The van der Waals surface area contributed by atoms with Crippen molar-refractivity contribution in [1.82, 2.24) is 15.6 Å². The number of hydrogen-bond acceptors (Lipinski definition) is 3. The first kappa shape index (κ1) is 16.7. The maximum absolute atomic E-state index is 13.1. The van der Waals surface area contributed by atoms with Crippen LogP contribution in [0.25, 0.3) is 0 Å². The summed E-state index contributed by atoms with van der Waals surface area (Å²) in [5, 5.41) is 6.38. The number of hydrogen-bond donors (Lipinski definition) is 2. The van der Waals surface area contributed by atoms with Gasteiger partial charge in [0.05, 0.1) is 19.3 Å². The van der Waals surface area contributed by atoms with Crippen molar-refractivity contribution in [3.05, 3.63) is 59.5 Å². The minimum Gasteiger partial charge on any atom is -0.481 e. The molecule has 0 atom stereocenters. The standard InChI is InChI=1S/C17H21FN4O/c1-19-17(20-10-9-13-5-3-6-14(18)11-13)21-12-15-7-4-8-16(22-15)23-2/h3-8,11H,9-10,12H2,1-2H3,(H2,19,20,21). The largest absolute Gasteiger partial charge is 0.481 e. The van der Waals surface area contributed by atoms with Gasteiger partial charge in [-0.15, -0.1) is 0 Å². The molecule has 122 valence electrons. The van der Waals surface area contributed by atoms with Gasteiger partial charge in [-0.2, -0.15) is 0 Å². The average Bonchev–Trinajstić information content (AvgIpc) is 2.58. The highest BCUT2D eigenvalue weighted by atomic mass is 19.1. The van der Waals surface area contributed by atoms with E-state index >= 15 is 0 Å². The molecule has 1 aromatic carbocycles. The Balaban J connectivity index is 1.79. The smallest absolute Gasteiger partial charge is 0.213 e. The fraction of sp³-hybridized carbons (Fsp3) is 0.294. The van der Waals surface area contributed by atoms with Crippen molar-refractivity contribution in [2.45, 2.75) is 13.0 Å². The highest BCUT2D eigenvalue weighted by Gasteiger charge is 2.01. The second-order valence-corrected chi connectivity index (χ2v) is 4.90. The zero-order valence-corrected chi connectivity index (χ0v) is 13.3. The highest BCUT2D eigenvalue weighted by molar-refractivity contribution is 5.79. The number of guanidine groups is 1. The van der Waals surface area contributed by atoms with Crippen LogP contribution in [-0.2, 0) is 13.0 Å². The third kappa shape index (κ3) is 5.58. The van der Waals surface area contributed by atoms with E-state index in [0.29, 0.717) is 24.9 Å². The summed E-state index contributed by atoms with van der Waals surface area (Å²) in [4.78, 5) is 8.48. The molecule has 0 aliphatic heterocycles. The van der Waals surface area contributed by atoms with Gasteiger partial charge in [-0.25, -0.2) is 9.37 Å². The molecular weight excluding hydrogens is 295 g/mol. The third-order valence-electron chi connectivity index (χ3n) is 3.25. The molecule has 6 heteroatoms. The van der Waals surface area contributed by atoms with Crippen LogP contribution in [0.3, 0.4) is 0 Å². The van der Waals surface area contributed by atoms with Crippen molar-refractivity contribution in [3.8, 4) is 5.88 Å². The Bertz CT molecular complexity index is 661. The van der Waals surface area contributed by atoms with E-state index in [1.165, 1.54) is 12.1 Å². The van der Waals surface area contributed by atoms with Crippen LogP contribution in [0, 0.1) is 5.82 Å². The minimum atomic E-state index is -0.214. The van der Waals surface area contributed by atoms with Crippen LogP contribution in [0.1, 0.15) is 11.3 Å². The molecule has 0 unspecified atom stereocenters. The summed E-state index contributed by atoms with van der Waals surface area (Å²) in [5.41, 5.74) is 1.81. The highest BCUT2D eigenvalue weighted by Crippen LogP contribution is 2.06. The molecule has 2 N–H and O–H groups in total. The number of aromatic nitrogens is 1. The summed E-state index contributed by atoms with van der Waals surface area (Å²) in [6, 6.07) is 12.2. The number of rotatable bonds is 6. The Labute approximate surface area is 135 Å². The molecule has 1 aromatic heterocycles. The summed E-state index contributed by atoms with van der Waals surface area (Å²) in [7, 11) is 3.29. The second-order valence-electron chi connectivity index (χ2n) is 4.90. The summed E-state index contributed by atoms with van der Waals surface area (Å²) >= 11 is 0. The lowest BCUT2D eigenvalue weighted by molar-refractivity contribution is 0.396. The molecule has 5 nitrogen and oxygen atoms in total. The first-order chi connectivity index (χ1) is 11.2. The molecule has 0 bridgehead atoms. The molecule has 0 spiro atoms. The van der Waals surface area contributed by atoms with Crippen molar-refractivity contribution in [2.75, 3.05) is 20.7 Å². The molecule has 23 heavy (non-hydrogen) atoms. The number of ether oxygens (including phenoxy) is 1. The summed E-state index contributed by atoms with van der Waals surface area (Å²) in [5.74, 6) is 1.04. The Kier molecular flexibility index (Phi) is 6.35. The van der Waals surface area contributed by atoms with Crippen LogP contribution in [0.5, 0.6) is 5.88 Å². The van der Waals surface area contributed by atoms with E-state index in [0.717, 1.165) is 17.7 Å². The number of aliphatic imine (C=N–C) groups is 1. The van der Waals surface area contributed by atoms with E-state index in [4.69, 9.17) is 4.74 Å². The normalized spacial score (nSPS) is 11.2. The first-order valence-electron chi connectivity index (χ1n) is 7.40. The summed E-state index contributed by atoms with van der Waals surface area (Å²) < 4.78 is 18.2. The fourth-order valence-corrected chi connectivity index (χ4v) is 2.08. The topological polar surface area (TPSA) is 58.5 Å². The zero-order chi connectivity index (χ0) is 16.5. The number of benzene rings is 1. The maximum Gasteiger partial charge on any atom is 0.213 e. The Hall–Kier alpha value is -2.63. The monoisotopic (exact) mass is 316 g/mol. The first-order valence-corrected chi connectivity index (χ1v) is 7.40. The molecular formula is C17H21FN4O. The molecule has 0 saturated heterocycles. The molecule has 2 aromatic rings. The van der Waals surface area contributed by atoms with Gasteiger partial charge in [-0.3, -0.25) is 4.99 Å². The van der Waals surface area contributed by atoms with Crippen molar-refractivity contribution < 1.29 is 9.13 Å². The van der Waals surface area contributed by atoms with Crippen LogP contribution >= 0.6 is 0 Å². The quantitative estimate of drug-likeness (QED) is 0.633. The SMILES string of the molecule is CN=C(NCCc1cccc(F)c1)NCc1cccc(OC)n1. The number of pyridine rings is 1. The van der Waals surface area contributed by atoms with Crippen molar-refractivity contribution in [2.24, 2.45) is 4.99 Å². The number of nitrogens with zero attached hydrogens (tertiary/aromatic N) is 2. The predicted octanol–water partition coefficient (Wildman–Crippen LogP) is 2.14. The van der Waals surface area contributed by atoms with Gasteiger partial charge in [0.2, 0.25) is 5.88 Å². The molecule has 0 radical (unpaired) electrons. The lowest BCUT2D eigenvalue weighted by Crippen LogP contribution is -2.38. The lowest BCUT2D eigenvalue weighted by Gasteiger charge is -2.12. The Morgan fingerprint density at radius 2 is 2.04 bits per heavy atom. The maximum atomic E-state index is 13.1. The Morgan fingerprint density at radius 3 is 2.78 bits per heavy atom. The van der Waals surface area contributed by atoms with Gasteiger partial charge in [0.15, 0.2) is 5.96 Å². The molecule has 0 aliphatic rings. The van der Waals surface area contributed by atoms with Crippen LogP contribution in [-0.4, -0.2) is 31.6 Å². The Morgan fingerprint density at radius 1 is 1.22 bits per heavy atom. The molecule has 0 amide bonds. The van der Waals surface area contributed by atoms with Gasteiger partial charge in [0.25, 0.3) is 0 Å². The fourth-order valence-electron chi connectivity index (χ4n) is 2.08. The van der Waals surface area contributed by atoms with E-state index in [1.807, 2.05) is 18.2 Å². The van der Waals surface area contributed by atoms with Crippen molar-refractivity contribution in [3.63, 3.8) is 0 Å². The van der Waals surface area contributed by atoms with Crippen molar-refractivity contribution >= 4 is 5.96 Å².